The maximum absolute atomic E-state index is 0. The maximum atomic E-state index is 0. The van der Waals surface area contributed by atoms with Crippen molar-refractivity contribution in [1.29, 1.82) is 0 Å². The van der Waals surface area contributed by atoms with Gasteiger partial charge in [0.15, 0.2) is 0 Å². The molecule has 58 valence electrons. The Morgan fingerprint density at radius 3 is 0.308 bits per heavy atom. The second-order valence-electron chi connectivity index (χ2n) is 0. The van der Waals surface area contributed by atoms with E-state index >= 15 is 0 Å². The van der Waals surface area contributed by atoms with Crippen molar-refractivity contribution in [1.82, 2.24) is 0 Å². The Balaban J connectivity index is 0. The van der Waals surface area contributed by atoms with E-state index in [-0.39, 0.29) is 311 Å². The molecule has 0 aliphatic rings. The zero-order valence-electron chi connectivity index (χ0n) is 6.69. The molecule has 0 aliphatic heterocycles. The Hall–Kier alpha value is 8.58. The first-order chi connectivity index (χ1) is 0. The van der Waals surface area contributed by atoms with Crippen molar-refractivity contribution in [2.45, 2.75) is 0 Å². The molecule has 0 atom stereocenters. The van der Waals surface area contributed by atoms with Crippen LogP contribution in [-0.2, 0) is 38.3 Å². The van der Waals surface area contributed by atoms with E-state index < -0.39 is 0 Å². The summed E-state index contributed by atoms with van der Waals surface area (Å²) in [6, 6.07) is 0. The van der Waals surface area contributed by atoms with Crippen molar-refractivity contribution in [3.63, 3.8) is 0 Å². The topological polar surface area (TPSA) is 200 Å². The monoisotopic (exact) mass is 843 g/mol. The van der Waals surface area contributed by atoms with Crippen molar-refractivity contribution >= 4 is 189 Å². The molecule has 13 heavy (non-hydrogen) atoms. The molecule has 0 heterocycles. The van der Waals surface area contributed by atoms with Crippen LogP contribution in [0.5, 0.6) is 0 Å². The van der Waals surface area contributed by atoms with Gasteiger partial charge in [0.2, 0.25) is 0 Å². The van der Waals surface area contributed by atoms with Gasteiger partial charge >= 0.3 is 272 Å². The molecule has 0 fully saturated rings. The minimum atomic E-state index is 0. The summed E-state index contributed by atoms with van der Waals surface area (Å²) in [5.41, 5.74) is 0. The van der Waals surface area contributed by atoms with E-state index in [9.17, 15) is 0 Å². The van der Waals surface area contributed by atoms with Crippen LogP contribution in [-0.4, -0.2) is 189 Å². The summed E-state index contributed by atoms with van der Waals surface area (Å²) in [7, 11) is 0. The summed E-state index contributed by atoms with van der Waals surface area (Å²) in [4.78, 5) is 0. The second-order valence-corrected chi connectivity index (χ2v) is 0. The quantitative estimate of drug-likeness (QED) is 0.236. The van der Waals surface area contributed by atoms with Gasteiger partial charge in [-0.1, -0.05) is 0 Å². The van der Waals surface area contributed by atoms with E-state index in [0.29, 0.717) is 0 Å². The average molecular weight is 842 g/mol. The molecule has 0 unspecified atom stereocenters. The van der Waals surface area contributed by atoms with Gasteiger partial charge in [-0.05, 0) is 0 Å². The Bertz CT molecular complexity index is 22.5. The van der Waals surface area contributed by atoms with Crippen molar-refractivity contribution in [3.8, 4) is 0 Å². The third kappa shape index (κ3) is 96.5. The molecule has 0 amide bonds. The van der Waals surface area contributed by atoms with Gasteiger partial charge in [-0.3, -0.25) is 0 Å². The van der Waals surface area contributed by atoms with Crippen LogP contribution in [0.3, 0.4) is 0 Å². The summed E-state index contributed by atoms with van der Waals surface area (Å²) < 4.78 is 0. The van der Waals surface area contributed by atoms with Crippen LogP contribution in [0.25, 0.3) is 0 Å². The van der Waals surface area contributed by atoms with Crippen molar-refractivity contribution in [2.24, 2.45) is 0 Å². The first-order valence-corrected chi connectivity index (χ1v) is 0. The first-order valence-electron chi connectivity index (χ1n) is 0. The number of rotatable bonds is 0. The van der Waals surface area contributed by atoms with Crippen LogP contribution in [0.15, 0.2) is 0 Å². The van der Waals surface area contributed by atoms with Gasteiger partial charge in [-0.15, -0.1) is 0 Å². The van der Waals surface area contributed by atoms with Crippen molar-refractivity contribution in [3.05, 3.63) is 0 Å². The van der Waals surface area contributed by atoms with Crippen molar-refractivity contribution in [2.75, 3.05) is 0 Å². The molecule has 0 N–H and O–H groups in total. The van der Waals surface area contributed by atoms with Gasteiger partial charge in [-0.25, -0.2) is 0 Å². The molecule has 2 radical (unpaired) electrons. The number of hydrogen-bond acceptors (Lipinski definition) is 0. The van der Waals surface area contributed by atoms with Crippen LogP contribution in [0.2, 0.25) is 0 Å². The fraction of sp³-hybridized carbons (Fsp3) is 0. The standard InChI is InChI=1S/2Ba.2Ce.7O.2Sr/q2*+2;2*+3;7*-2;2*+2. The summed E-state index contributed by atoms with van der Waals surface area (Å²) in [6.45, 7) is 0. The Labute approximate surface area is 299 Å². The molecule has 0 bridgehead atoms. The van der Waals surface area contributed by atoms with E-state index in [2.05, 4.69) is 0 Å². The van der Waals surface area contributed by atoms with Crippen LogP contribution >= 0.6 is 0 Å². The van der Waals surface area contributed by atoms with Gasteiger partial charge in [-0.2, -0.15) is 0 Å². The van der Waals surface area contributed by atoms with Gasteiger partial charge in [0.05, 0.1) is 0 Å². The molecular weight excluding hydrogens is 842 g/mol. The van der Waals surface area contributed by atoms with E-state index in [4.69, 9.17) is 0 Å². The number of hydrogen-bond donors (Lipinski definition) is 0. The molecule has 0 aliphatic carbocycles. The molecule has 0 saturated carbocycles. The predicted octanol–water partition coefficient (Wildman–Crippen LogP) is -2.35. The molecule has 0 saturated heterocycles. The molecular formula is Ba2Ce2O7Sr2. The van der Waals surface area contributed by atoms with Crippen LogP contribution in [0.1, 0.15) is 0 Å². The van der Waals surface area contributed by atoms with E-state index in [1.807, 2.05) is 0 Å². The molecule has 13 heteroatoms. The average Bonchev–Trinajstić information content (AvgIpc) is 0. The molecule has 0 rings (SSSR count). The predicted molar refractivity (Wildman–Crippen MR) is 27.8 cm³/mol. The van der Waals surface area contributed by atoms with Crippen molar-refractivity contribution < 1.29 is 122 Å². The van der Waals surface area contributed by atoms with Gasteiger partial charge in [0.1, 0.15) is 0 Å². The smallest absolute Gasteiger partial charge is 2.00 e. The minimum absolute atomic E-state index is 0. The fourth-order valence-corrected chi connectivity index (χ4v) is 0. The Morgan fingerprint density at radius 1 is 0.308 bits per heavy atom. The summed E-state index contributed by atoms with van der Waals surface area (Å²) in [5, 5.41) is 0. The molecule has 0 spiro atoms. The maximum Gasteiger partial charge on any atom is 3.00 e. The molecule has 0 aromatic carbocycles. The zero-order chi connectivity index (χ0) is 0. The molecule has 7 nitrogen and oxygen atoms in total. The minimum Gasteiger partial charge on any atom is -2.00 e. The summed E-state index contributed by atoms with van der Waals surface area (Å²) in [6.07, 6.45) is 0. The van der Waals surface area contributed by atoms with E-state index in [1.54, 1.807) is 0 Å². The molecule has 0 aromatic rings. The van der Waals surface area contributed by atoms with E-state index in [0.717, 1.165) is 0 Å². The zero-order valence-corrected chi connectivity index (χ0v) is 28.8. The van der Waals surface area contributed by atoms with Gasteiger partial charge in [0, 0.05) is 0 Å². The Kier molecular flexibility index (Phi) is 1020. The van der Waals surface area contributed by atoms with Gasteiger partial charge in [0.25, 0.3) is 0 Å². The third-order valence-electron chi connectivity index (χ3n) is 0. The van der Waals surface area contributed by atoms with E-state index in [1.165, 1.54) is 0 Å². The Morgan fingerprint density at radius 2 is 0.308 bits per heavy atom. The van der Waals surface area contributed by atoms with Crippen LogP contribution < -0.4 is 0 Å². The normalized spacial score (nSPS) is 0. The third-order valence-corrected chi connectivity index (χ3v) is 0. The summed E-state index contributed by atoms with van der Waals surface area (Å²) >= 11 is 0. The second kappa shape index (κ2) is 107. The van der Waals surface area contributed by atoms with Gasteiger partial charge < -0.3 is 38.3 Å². The SMILES string of the molecule is [Ba+2].[Ba+2].[Ce+3].[Ce+3].[O-2].[O-2].[O-2].[O-2].[O-2].[O-2].[O-2].[Sr+2].[Sr+2]. The first kappa shape index (κ1) is 124. The largest absolute Gasteiger partial charge is 3.00 e. The summed E-state index contributed by atoms with van der Waals surface area (Å²) in [5.74, 6) is 0. The van der Waals surface area contributed by atoms with Crippen LogP contribution in [0.4, 0.5) is 0 Å². The fourth-order valence-electron chi connectivity index (χ4n) is 0. The molecule has 0 aromatic heterocycles. The van der Waals surface area contributed by atoms with Crippen LogP contribution in [0, 0.1) is 83.5 Å².